The molecule has 3 saturated heterocycles. The molecule has 1 aromatic heterocycles. The highest BCUT2D eigenvalue weighted by atomic mass is 32.2. The van der Waals surface area contributed by atoms with Crippen molar-refractivity contribution in [1.82, 2.24) is 25.0 Å². The number of urea groups is 1. The molecule has 1 N–H and O–H groups in total. The van der Waals surface area contributed by atoms with Crippen LogP contribution < -0.4 is 14.4 Å². The van der Waals surface area contributed by atoms with E-state index in [0.29, 0.717) is 17.4 Å². The van der Waals surface area contributed by atoms with Crippen molar-refractivity contribution in [2.75, 3.05) is 76.5 Å². The van der Waals surface area contributed by atoms with Crippen LogP contribution in [0, 0.1) is 22.6 Å². The van der Waals surface area contributed by atoms with E-state index in [1.807, 2.05) is 6.07 Å². The Morgan fingerprint density at radius 2 is 1.76 bits per heavy atom. The Morgan fingerprint density at radius 3 is 2.45 bits per heavy atom. The van der Waals surface area contributed by atoms with Gasteiger partial charge in [-0.25, -0.2) is 22.6 Å². The molecule has 0 bridgehead atoms. The third kappa shape index (κ3) is 5.68. The fourth-order valence-corrected chi connectivity index (χ4v) is 8.77. The molecular formula is C34H36FN7O6S. The van der Waals surface area contributed by atoms with Crippen LogP contribution in [0.15, 0.2) is 65.7 Å². The second-order valence-electron chi connectivity index (χ2n) is 12.9. The lowest BCUT2D eigenvalue weighted by Gasteiger charge is -2.60. The van der Waals surface area contributed by atoms with Gasteiger partial charge in [-0.05, 0) is 61.5 Å². The van der Waals surface area contributed by atoms with E-state index in [9.17, 15) is 27.7 Å². The first-order valence-corrected chi connectivity index (χ1v) is 17.6. The van der Waals surface area contributed by atoms with Gasteiger partial charge in [0.25, 0.3) is 15.9 Å². The summed E-state index contributed by atoms with van der Waals surface area (Å²) in [5, 5.41) is 12.7. The first-order valence-electron chi connectivity index (χ1n) is 16.2. The van der Waals surface area contributed by atoms with E-state index < -0.39 is 33.3 Å². The predicted molar refractivity (Wildman–Crippen MR) is 175 cm³/mol. The standard InChI is InChI=1S/C34H36FN7O6S/c1-2-48-30-27(4-3-11-37-30)34(38-32(44)41-22-33(23-41)20-40(21-33)13-12-39-14-16-47-17-15-39)28-18-24(19-36)5-10-29(28)42(31(34)43)49(45,46)26-8-6-25(35)7-9-26/h3-11,18H,2,12-17,20-23H2,1H3,(H,38,44)/t34-/m0/s1. The maximum Gasteiger partial charge on any atom is 0.318 e. The molecule has 256 valence electrons. The topological polar surface area (TPSA) is 148 Å². The number of benzene rings is 2. The van der Waals surface area contributed by atoms with Crippen LogP contribution in [0.25, 0.3) is 0 Å². The van der Waals surface area contributed by atoms with E-state index in [-0.39, 0.29) is 45.2 Å². The zero-order valence-electron chi connectivity index (χ0n) is 27.0. The number of amides is 3. The zero-order chi connectivity index (χ0) is 34.4. The van der Waals surface area contributed by atoms with Crippen LogP contribution in [0.4, 0.5) is 14.9 Å². The molecule has 3 amide bonds. The molecule has 4 aliphatic heterocycles. The van der Waals surface area contributed by atoms with Gasteiger partial charge in [-0.15, -0.1) is 0 Å². The van der Waals surface area contributed by atoms with Crippen LogP contribution in [-0.4, -0.2) is 112 Å². The minimum atomic E-state index is -4.63. The number of likely N-dealkylation sites (tertiary alicyclic amines) is 2. The number of nitrogens with zero attached hydrogens (tertiary/aromatic N) is 6. The summed E-state index contributed by atoms with van der Waals surface area (Å²) < 4.78 is 53.9. The third-order valence-electron chi connectivity index (χ3n) is 9.65. The number of carbonyl (C=O) groups is 2. The number of halogens is 1. The van der Waals surface area contributed by atoms with Crippen molar-refractivity contribution in [3.05, 3.63) is 83.3 Å². The zero-order valence-corrected chi connectivity index (χ0v) is 27.8. The number of hydrogen-bond donors (Lipinski definition) is 1. The minimum Gasteiger partial charge on any atom is -0.478 e. The molecule has 3 aromatic rings. The number of pyridine rings is 1. The third-order valence-corrected chi connectivity index (χ3v) is 11.4. The monoisotopic (exact) mass is 689 g/mol. The summed E-state index contributed by atoms with van der Waals surface area (Å²) in [6.07, 6.45) is 1.46. The number of carbonyl (C=O) groups excluding carboxylic acids is 2. The van der Waals surface area contributed by atoms with Gasteiger partial charge in [-0.1, -0.05) is 0 Å². The smallest absolute Gasteiger partial charge is 0.318 e. The number of hydrogen-bond acceptors (Lipinski definition) is 10. The van der Waals surface area contributed by atoms with E-state index in [4.69, 9.17) is 9.47 Å². The highest BCUT2D eigenvalue weighted by Crippen LogP contribution is 2.50. The molecule has 0 aliphatic carbocycles. The number of aromatic nitrogens is 1. The summed E-state index contributed by atoms with van der Waals surface area (Å²) in [6.45, 7) is 9.77. The molecule has 2 aromatic carbocycles. The van der Waals surface area contributed by atoms with Crippen LogP contribution in [0.2, 0.25) is 0 Å². The van der Waals surface area contributed by atoms with Crippen molar-refractivity contribution >= 4 is 27.6 Å². The molecule has 0 unspecified atom stereocenters. The highest BCUT2D eigenvalue weighted by Gasteiger charge is 2.60. The Bertz CT molecular complexity index is 1920. The van der Waals surface area contributed by atoms with E-state index in [1.165, 1.54) is 24.4 Å². The molecule has 0 radical (unpaired) electrons. The van der Waals surface area contributed by atoms with Crippen molar-refractivity contribution in [2.45, 2.75) is 17.4 Å². The van der Waals surface area contributed by atoms with Gasteiger partial charge in [0.1, 0.15) is 5.82 Å². The molecular weight excluding hydrogens is 653 g/mol. The maximum atomic E-state index is 14.9. The Kier molecular flexibility index (Phi) is 8.52. The van der Waals surface area contributed by atoms with Gasteiger partial charge >= 0.3 is 6.03 Å². The summed E-state index contributed by atoms with van der Waals surface area (Å²) in [5.74, 6) is -1.65. The first-order chi connectivity index (χ1) is 23.6. The van der Waals surface area contributed by atoms with E-state index in [0.717, 1.165) is 76.7 Å². The number of sulfonamides is 1. The minimum absolute atomic E-state index is 0.0166. The molecule has 49 heavy (non-hydrogen) atoms. The molecule has 15 heteroatoms. The Morgan fingerprint density at radius 1 is 1.04 bits per heavy atom. The lowest BCUT2D eigenvalue weighted by molar-refractivity contribution is -0.122. The summed E-state index contributed by atoms with van der Waals surface area (Å²) in [7, 11) is -4.63. The predicted octanol–water partition coefficient (Wildman–Crippen LogP) is 2.13. The van der Waals surface area contributed by atoms with Crippen LogP contribution in [0.1, 0.15) is 23.6 Å². The molecule has 4 aliphatic rings. The van der Waals surface area contributed by atoms with Gasteiger partial charge in [0.15, 0.2) is 5.54 Å². The molecule has 0 saturated carbocycles. The number of nitrogens with one attached hydrogen (secondary N) is 1. The second kappa shape index (κ2) is 12.7. The lowest BCUT2D eigenvalue weighted by Crippen LogP contribution is -2.74. The molecule has 13 nitrogen and oxygen atoms in total. The number of rotatable bonds is 9. The van der Waals surface area contributed by atoms with Gasteiger partial charge in [0, 0.05) is 69.5 Å². The van der Waals surface area contributed by atoms with Crippen LogP contribution in [0.3, 0.4) is 0 Å². The summed E-state index contributed by atoms with van der Waals surface area (Å²) in [4.78, 5) is 39.4. The van der Waals surface area contributed by atoms with E-state index in [2.05, 4.69) is 20.1 Å². The average molecular weight is 690 g/mol. The Labute approximate surface area is 283 Å². The Balaban J connectivity index is 1.21. The summed E-state index contributed by atoms with van der Waals surface area (Å²) in [5.41, 5.74) is -1.94. The number of fused-ring (bicyclic) bond motifs is 1. The quantitative estimate of drug-likeness (QED) is 0.354. The van der Waals surface area contributed by atoms with Crippen molar-refractivity contribution < 1.29 is 31.9 Å². The van der Waals surface area contributed by atoms with Crippen molar-refractivity contribution in [2.24, 2.45) is 5.41 Å². The van der Waals surface area contributed by atoms with Crippen LogP contribution in [0.5, 0.6) is 5.88 Å². The normalized spacial score (nSPS) is 21.9. The SMILES string of the molecule is CCOc1ncccc1[C@@]1(NC(=O)N2CC3(CN(CCN4CCOCC4)C3)C2)C(=O)N(S(=O)(=O)c2ccc(F)cc2)c2ccc(C#N)cc21. The molecule has 1 spiro atoms. The largest absolute Gasteiger partial charge is 0.478 e. The van der Waals surface area contributed by atoms with Crippen LogP contribution >= 0.6 is 0 Å². The van der Waals surface area contributed by atoms with Gasteiger partial charge in [-0.3, -0.25) is 9.69 Å². The van der Waals surface area contributed by atoms with Gasteiger partial charge < -0.3 is 24.6 Å². The Hall–Kier alpha value is -4.62. The first kappa shape index (κ1) is 32.9. The van der Waals surface area contributed by atoms with Gasteiger partial charge in [0.05, 0.1) is 47.6 Å². The van der Waals surface area contributed by atoms with E-state index in [1.54, 1.807) is 24.0 Å². The second-order valence-corrected chi connectivity index (χ2v) is 14.6. The molecule has 3 fully saturated rings. The van der Waals surface area contributed by atoms with Crippen molar-refractivity contribution in [1.29, 1.82) is 5.26 Å². The highest BCUT2D eigenvalue weighted by molar-refractivity contribution is 7.93. The summed E-state index contributed by atoms with van der Waals surface area (Å²) >= 11 is 0. The van der Waals surface area contributed by atoms with Gasteiger partial charge in [0.2, 0.25) is 5.88 Å². The van der Waals surface area contributed by atoms with Gasteiger partial charge in [-0.2, -0.15) is 9.57 Å². The molecule has 1 atom stereocenters. The fraction of sp³-hybridized carbons (Fsp3) is 0.412. The fourth-order valence-electron chi connectivity index (χ4n) is 7.30. The molecule has 7 rings (SSSR count). The van der Waals surface area contributed by atoms with E-state index >= 15 is 0 Å². The van der Waals surface area contributed by atoms with Crippen molar-refractivity contribution in [3.8, 4) is 11.9 Å². The summed E-state index contributed by atoms with van der Waals surface area (Å²) in [6, 6.07) is 12.8. The van der Waals surface area contributed by atoms with Crippen LogP contribution in [-0.2, 0) is 25.1 Å². The maximum absolute atomic E-state index is 14.9. The number of ether oxygens (including phenoxy) is 2. The number of morpholine rings is 1. The number of anilines is 1. The number of nitriles is 1. The molecule has 5 heterocycles. The van der Waals surface area contributed by atoms with Crippen molar-refractivity contribution in [3.63, 3.8) is 0 Å². The average Bonchev–Trinajstić information content (AvgIpc) is 3.31. The lowest BCUT2D eigenvalue weighted by atomic mass is 9.73.